The fourth-order valence-corrected chi connectivity index (χ4v) is 5.78. The Labute approximate surface area is 238 Å². The van der Waals surface area contributed by atoms with Gasteiger partial charge in [0.25, 0.3) is 5.56 Å². The van der Waals surface area contributed by atoms with Gasteiger partial charge >= 0.3 is 6.03 Å². The molecular formula is C31H47N7O2. The van der Waals surface area contributed by atoms with Crippen LogP contribution in [0.1, 0.15) is 71.4 Å². The number of nitrogens with zero attached hydrogens (tertiary/aromatic N) is 4. The molecule has 218 valence electrons. The summed E-state index contributed by atoms with van der Waals surface area (Å²) in [5.41, 5.74) is 1.95. The van der Waals surface area contributed by atoms with Crippen molar-refractivity contribution < 1.29 is 4.79 Å². The number of allylic oxidation sites excluding steroid dienone is 1. The van der Waals surface area contributed by atoms with Crippen LogP contribution in [0.15, 0.2) is 41.7 Å². The third-order valence-electron chi connectivity index (χ3n) is 8.33. The van der Waals surface area contributed by atoms with Crippen molar-refractivity contribution in [2.24, 2.45) is 23.1 Å². The number of carbonyl (C=O) groups excluding carboxylic acids is 1. The Morgan fingerprint density at radius 3 is 2.25 bits per heavy atom. The van der Waals surface area contributed by atoms with Gasteiger partial charge in [0, 0.05) is 38.9 Å². The molecule has 4 N–H and O–H groups in total. The van der Waals surface area contributed by atoms with Crippen molar-refractivity contribution in [2.75, 3.05) is 48.5 Å². The minimum Gasteiger partial charge on any atom is -0.342 e. The first-order valence-electron chi connectivity index (χ1n) is 14.7. The zero-order valence-electron chi connectivity index (χ0n) is 24.7. The molecule has 9 nitrogen and oxygen atoms in total. The summed E-state index contributed by atoms with van der Waals surface area (Å²) in [6.07, 6.45) is 7.99. The molecule has 2 aromatic rings. The molecule has 1 aliphatic heterocycles. The summed E-state index contributed by atoms with van der Waals surface area (Å²) in [6.45, 7) is 13.6. The van der Waals surface area contributed by atoms with Crippen molar-refractivity contribution in [2.45, 2.75) is 65.7 Å². The number of aromatic nitrogens is 2. The van der Waals surface area contributed by atoms with Gasteiger partial charge in [-0.25, -0.2) is 15.6 Å². The number of hydrazine groups is 1. The summed E-state index contributed by atoms with van der Waals surface area (Å²) in [5, 5.41) is 4.34. The molecule has 40 heavy (non-hydrogen) atoms. The molecule has 4 rings (SSSR count). The molecule has 9 heteroatoms. The highest BCUT2D eigenvalue weighted by Gasteiger charge is 2.29. The molecule has 1 saturated carbocycles. The lowest BCUT2D eigenvalue weighted by Gasteiger charge is -2.37. The van der Waals surface area contributed by atoms with Gasteiger partial charge in [0.15, 0.2) is 0 Å². The number of nitrogens with one attached hydrogen (secondary N) is 2. The summed E-state index contributed by atoms with van der Waals surface area (Å²) >= 11 is 0. The third kappa shape index (κ3) is 7.44. The van der Waals surface area contributed by atoms with Gasteiger partial charge in [-0.3, -0.25) is 9.78 Å². The number of anilines is 3. The number of piperidine rings is 1. The standard InChI is InChI=1S/C31H47N7O2/c1-22(31(2,3)4)26-27(36(5)32)28(39)35-29(34-26)38(20-23-12-8-6-9-13-23)21-24-16-18-37(19-17-24)30(40)33-25-14-10-7-11-15-25/h7,10-11,14-15,23-24H,1,6,8-9,12-13,16-21,32H2,2-5H3,(H,33,40)(H,34,35,39). The average molecular weight is 550 g/mol. The third-order valence-corrected chi connectivity index (χ3v) is 8.33. The molecule has 0 unspecified atom stereocenters. The number of aromatic amines is 1. The zero-order valence-corrected chi connectivity index (χ0v) is 24.7. The Hall–Kier alpha value is -3.33. The minimum atomic E-state index is -0.274. The van der Waals surface area contributed by atoms with Gasteiger partial charge in [0.1, 0.15) is 11.4 Å². The lowest BCUT2D eigenvalue weighted by Crippen LogP contribution is -2.45. The van der Waals surface area contributed by atoms with Gasteiger partial charge in [0.2, 0.25) is 5.95 Å². The Balaban J connectivity index is 1.53. The summed E-state index contributed by atoms with van der Waals surface area (Å²) in [7, 11) is 1.66. The average Bonchev–Trinajstić information content (AvgIpc) is 2.92. The maximum absolute atomic E-state index is 13.4. The van der Waals surface area contributed by atoms with Crippen LogP contribution in [-0.4, -0.2) is 54.1 Å². The van der Waals surface area contributed by atoms with Crippen molar-refractivity contribution in [3.63, 3.8) is 0 Å². The van der Waals surface area contributed by atoms with Gasteiger partial charge in [-0.15, -0.1) is 0 Å². The number of nitrogens with two attached hydrogens (primary N) is 1. The Kier molecular flexibility index (Phi) is 9.56. The van der Waals surface area contributed by atoms with E-state index in [2.05, 4.69) is 42.6 Å². The number of hydrogen-bond acceptors (Lipinski definition) is 6. The van der Waals surface area contributed by atoms with E-state index in [1.165, 1.54) is 37.1 Å². The van der Waals surface area contributed by atoms with E-state index in [1.807, 2.05) is 35.2 Å². The largest absolute Gasteiger partial charge is 0.342 e. The maximum Gasteiger partial charge on any atom is 0.321 e. The normalized spacial score (nSPS) is 17.0. The fraction of sp³-hybridized carbons (Fsp3) is 0.581. The number of benzene rings is 1. The van der Waals surface area contributed by atoms with Crippen LogP contribution >= 0.6 is 0 Å². The van der Waals surface area contributed by atoms with Gasteiger partial charge < -0.3 is 20.1 Å². The number of urea groups is 1. The Morgan fingerprint density at radius 2 is 1.68 bits per heavy atom. The highest BCUT2D eigenvalue weighted by atomic mass is 16.2. The van der Waals surface area contributed by atoms with Crippen LogP contribution in [0, 0.1) is 17.3 Å². The molecule has 2 fully saturated rings. The van der Waals surface area contributed by atoms with Gasteiger partial charge in [-0.05, 0) is 60.6 Å². The smallest absolute Gasteiger partial charge is 0.321 e. The van der Waals surface area contributed by atoms with E-state index in [4.69, 9.17) is 10.8 Å². The van der Waals surface area contributed by atoms with Crippen molar-refractivity contribution >= 4 is 28.9 Å². The summed E-state index contributed by atoms with van der Waals surface area (Å²) in [5.74, 6) is 7.64. The van der Waals surface area contributed by atoms with Crippen molar-refractivity contribution in [1.29, 1.82) is 0 Å². The predicted molar refractivity (Wildman–Crippen MR) is 164 cm³/mol. The molecule has 0 atom stereocenters. The Bertz CT molecular complexity index is 1200. The van der Waals surface area contributed by atoms with Crippen LogP contribution in [0.2, 0.25) is 0 Å². The van der Waals surface area contributed by atoms with Crippen molar-refractivity contribution in [1.82, 2.24) is 14.9 Å². The van der Waals surface area contributed by atoms with Gasteiger partial charge in [-0.1, -0.05) is 64.8 Å². The first-order chi connectivity index (χ1) is 19.0. The van der Waals surface area contributed by atoms with Crippen LogP contribution in [0.25, 0.3) is 5.57 Å². The first kappa shape index (κ1) is 29.6. The van der Waals surface area contributed by atoms with Crippen LogP contribution < -0.4 is 26.6 Å². The van der Waals surface area contributed by atoms with Crippen LogP contribution in [0.3, 0.4) is 0 Å². The highest BCUT2D eigenvalue weighted by molar-refractivity contribution is 5.89. The predicted octanol–water partition coefficient (Wildman–Crippen LogP) is 5.47. The van der Waals surface area contributed by atoms with Crippen LogP contribution in [0.5, 0.6) is 0 Å². The summed E-state index contributed by atoms with van der Waals surface area (Å²) < 4.78 is 0. The first-order valence-corrected chi connectivity index (χ1v) is 14.7. The molecule has 1 aromatic heterocycles. The van der Waals surface area contributed by atoms with Gasteiger partial charge in [0.05, 0.1) is 0 Å². The number of carbonyl (C=O) groups is 1. The number of rotatable bonds is 8. The maximum atomic E-state index is 13.4. The van der Waals surface area contributed by atoms with E-state index in [1.54, 1.807) is 7.05 Å². The van der Waals surface area contributed by atoms with E-state index in [9.17, 15) is 9.59 Å². The van der Waals surface area contributed by atoms with E-state index in [0.29, 0.717) is 42.3 Å². The molecule has 0 spiro atoms. The lowest BCUT2D eigenvalue weighted by molar-refractivity contribution is 0.183. The lowest BCUT2D eigenvalue weighted by atomic mass is 9.85. The van der Waals surface area contributed by atoms with E-state index < -0.39 is 0 Å². The fourth-order valence-electron chi connectivity index (χ4n) is 5.78. The summed E-state index contributed by atoms with van der Waals surface area (Å²) in [6, 6.07) is 9.52. The molecule has 0 radical (unpaired) electrons. The second-order valence-corrected chi connectivity index (χ2v) is 12.6. The van der Waals surface area contributed by atoms with Crippen LogP contribution in [-0.2, 0) is 0 Å². The number of para-hydroxylation sites is 1. The molecule has 1 aromatic carbocycles. The molecule has 2 amide bonds. The number of amides is 2. The van der Waals surface area contributed by atoms with E-state index >= 15 is 0 Å². The van der Waals surface area contributed by atoms with Crippen molar-refractivity contribution in [3.05, 3.63) is 53.0 Å². The van der Waals surface area contributed by atoms with E-state index in [-0.39, 0.29) is 17.0 Å². The van der Waals surface area contributed by atoms with Gasteiger partial charge in [-0.2, -0.15) is 0 Å². The number of H-pyrrole nitrogens is 1. The minimum absolute atomic E-state index is 0.0541. The number of likely N-dealkylation sites (tertiary alicyclic amines) is 1. The second kappa shape index (κ2) is 12.9. The molecular weight excluding hydrogens is 502 g/mol. The van der Waals surface area contributed by atoms with Crippen LogP contribution in [0.4, 0.5) is 22.1 Å². The monoisotopic (exact) mass is 549 g/mol. The summed E-state index contributed by atoms with van der Waals surface area (Å²) in [4.78, 5) is 38.4. The van der Waals surface area contributed by atoms with Crippen molar-refractivity contribution in [3.8, 4) is 0 Å². The van der Waals surface area contributed by atoms with E-state index in [0.717, 1.165) is 37.2 Å². The number of hydrogen-bond donors (Lipinski definition) is 3. The molecule has 1 aliphatic carbocycles. The molecule has 1 saturated heterocycles. The molecule has 2 heterocycles. The second-order valence-electron chi connectivity index (χ2n) is 12.6. The molecule has 0 bridgehead atoms. The Morgan fingerprint density at radius 1 is 1.07 bits per heavy atom. The topological polar surface area (TPSA) is 111 Å². The molecule has 2 aliphatic rings. The SMILES string of the molecule is C=C(c1nc(N(CC2CCCCC2)CC2CCN(C(=O)Nc3ccccc3)CC2)[nH]c(=O)c1N(C)N)C(C)(C)C. The zero-order chi connectivity index (χ0) is 28.9. The highest BCUT2D eigenvalue weighted by Crippen LogP contribution is 2.35. The quantitative estimate of drug-likeness (QED) is 0.298.